The molecule has 0 radical (unpaired) electrons. The molecule has 0 saturated carbocycles. The number of benzene rings is 1. The van der Waals surface area contributed by atoms with Gasteiger partial charge in [0.15, 0.2) is 0 Å². The molecule has 2 heterocycles. The van der Waals surface area contributed by atoms with Crippen LogP contribution in [-0.4, -0.2) is 38.8 Å². The molecule has 3 aromatic rings. The van der Waals surface area contributed by atoms with E-state index in [1.54, 1.807) is 16.1 Å². The highest BCUT2D eigenvalue weighted by atomic mass is 16.3. The zero-order valence-corrected chi connectivity index (χ0v) is 18.7. The Labute approximate surface area is 184 Å². The van der Waals surface area contributed by atoms with E-state index in [2.05, 4.69) is 6.92 Å². The molecule has 0 aliphatic carbocycles. The fraction of sp³-hybridized carbons (Fsp3) is 0.360. The largest absolute Gasteiger partial charge is 0.467 e. The number of aryl methyl sites for hydroxylation is 2. The van der Waals surface area contributed by atoms with Crippen molar-refractivity contribution in [3.63, 3.8) is 0 Å². The number of hydrogen-bond acceptors (Lipinski definition) is 3. The Morgan fingerprint density at radius 2 is 1.77 bits per heavy atom. The fourth-order valence-corrected chi connectivity index (χ4v) is 3.46. The lowest BCUT2D eigenvalue weighted by molar-refractivity contribution is -0.133. The van der Waals surface area contributed by atoms with E-state index < -0.39 is 0 Å². The van der Waals surface area contributed by atoms with Gasteiger partial charge in [-0.3, -0.25) is 9.59 Å². The van der Waals surface area contributed by atoms with Crippen LogP contribution in [0.2, 0.25) is 0 Å². The summed E-state index contributed by atoms with van der Waals surface area (Å²) in [5.41, 5.74) is 2.78. The van der Waals surface area contributed by atoms with Crippen LogP contribution in [0.1, 0.15) is 48.1 Å². The Balaban J connectivity index is 1.79. The first kappa shape index (κ1) is 22.4. The molecule has 3 rings (SSSR count). The van der Waals surface area contributed by atoms with Crippen molar-refractivity contribution in [2.24, 2.45) is 7.05 Å². The van der Waals surface area contributed by atoms with Crippen molar-refractivity contribution in [3.05, 3.63) is 83.6 Å². The van der Waals surface area contributed by atoms with Crippen LogP contribution in [0, 0.1) is 0 Å². The zero-order valence-electron chi connectivity index (χ0n) is 18.7. The normalized spacial score (nSPS) is 11.0. The van der Waals surface area contributed by atoms with Gasteiger partial charge < -0.3 is 18.8 Å². The summed E-state index contributed by atoms with van der Waals surface area (Å²) in [7, 11) is 1.95. The van der Waals surface area contributed by atoms with E-state index >= 15 is 0 Å². The summed E-state index contributed by atoms with van der Waals surface area (Å²) in [5.74, 6) is 0.452. The van der Waals surface area contributed by atoms with E-state index in [0.29, 0.717) is 24.4 Å². The molecule has 0 aliphatic rings. The highest BCUT2D eigenvalue weighted by Gasteiger charge is 2.25. The van der Waals surface area contributed by atoms with Gasteiger partial charge in [-0.1, -0.05) is 19.1 Å². The first-order valence-electron chi connectivity index (χ1n) is 10.7. The van der Waals surface area contributed by atoms with Gasteiger partial charge in [-0.2, -0.15) is 0 Å². The first-order valence-corrected chi connectivity index (χ1v) is 10.7. The maximum atomic E-state index is 13.3. The maximum absolute atomic E-state index is 13.3. The average Bonchev–Trinajstić information content (AvgIpc) is 3.42. The van der Waals surface area contributed by atoms with Crippen LogP contribution < -0.4 is 0 Å². The van der Waals surface area contributed by atoms with Gasteiger partial charge in [0.05, 0.1) is 19.4 Å². The topological polar surface area (TPSA) is 58.7 Å². The SMILES string of the molecule is CCc1ccc(C(=O)N(CC(=O)N(Cc2ccco2)Cc2cccn2C)C(C)C)cc1. The quantitative estimate of drug-likeness (QED) is 0.519. The predicted molar refractivity (Wildman–Crippen MR) is 120 cm³/mol. The van der Waals surface area contributed by atoms with Gasteiger partial charge >= 0.3 is 0 Å². The molecule has 2 amide bonds. The second-order valence-corrected chi connectivity index (χ2v) is 8.02. The molecule has 6 nitrogen and oxygen atoms in total. The number of furan rings is 1. The van der Waals surface area contributed by atoms with E-state index in [9.17, 15) is 9.59 Å². The van der Waals surface area contributed by atoms with E-state index in [1.807, 2.05) is 80.2 Å². The molecule has 0 atom stereocenters. The molecule has 0 unspecified atom stereocenters. The van der Waals surface area contributed by atoms with Crippen molar-refractivity contribution in [3.8, 4) is 0 Å². The Bertz CT molecular complexity index is 987. The molecule has 0 spiro atoms. The number of carbonyl (C=O) groups excluding carboxylic acids is 2. The van der Waals surface area contributed by atoms with Crippen LogP contribution in [0.4, 0.5) is 0 Å². The van der Waals surface area contributed by atoms with Crippen LogP contribution in [-0.2, 0) is 31.4 Å². The molecule has 31 heavy (non-hydrogen) atoms. The van der Waals surface area contributed by atoms with Crippen molar-refractivity contribution in [1.82, 2.24) is 14.4 Å². The minimum atomic E-state index is -0.136. The van der Waals surface area contributed by atoms with Gasteiger partial charge in [0.1, 0.15) is 12.3 Å². The highest BCUT2D eigenvalue weighted by molar-refractivity contribution is 5.96. The molecule has 0 bridgehead atoms. The smallest absolute Gasteiger partial charge is 0.254 e. The molecule has 6 heteroatoms. The fourth-order valence-electron chi connectivity index (χ4n) is 3.46. The number of hydrogen-bond donors (Lipinski definition) is 0. The molecular weight excluding hydrogens is 390 g/mol. The molecule has 0 saturated heterocycles. The van der Waals surface area contributed by atoms with Crippen molar-refractivity contribution in [2.45, 2.75) is 46.3 Å². The van der Waals surface area contributed by atoms with Crippen LogP contribution in [0.25, 0.3) is 0 Å². The van der Waals surface area contributed by atoms with E-state index in [-0.39, 0.29) is 24.4 Å². The second-order valence-electron chi connectivity index (χ2n) is 8.02. The van der Waals surface area contributed by atoms with E-state index in [0.717, 1.165) is 12.1 Å². The third-order valence-corrected chi connectivity index (χ3v) is 5.48. The van der Waals surface area contributed by atoms with Gasteiger partial charge in [0.25, 0.3) is 5.91 Å². The molecule has 2 aromatic heterocycles. The Morgan fingerprint density at radius 3 is 2.32 bits per heavy atom. The zero-order chi connectivity index (χ0) is 22.4. The molecule has 0 N–H and O–H groups in total. The Kier molecular flexibility index (Phi) is 7.34. The molecular formula is C25H31N3O3. The third kappa shape index (κ3) is 5.66. The number of rotatable bonds is 9. The molecule has 0 fully saturated rings. The van der Waals surface area contributed by atoms with Crippen LogP contribution in [0.15, 0.2) is 65.4 Å². The summed E-state index contributed by atoms with van der Waals surface area (Å²) in [6.07, 6.45) is 4.47. The molecule has 1 aromatic carbocycles. The summed E-state index contributed by atoms with van der Waals surface area (Å²) in [6.45, 7) is 6.74. The van der Waals surface area contributed by atoms with Crippen molar-refractivity contribution in [2.75, 3.05) is 6.54 Å². The van der Waals surface area contributed by atoms with Crippen molar-refractivity contribution >= 4 is 11.8 Å². The van der Waals surface area contributed by atoms with Gasteiger partial charge in [-0.05, 0) is 62.2 Å². The van der Waals surface area contributed by atoms with Crippen molar-refractivity contribution < 1.29 is 14.0 Å². The third-order valence-electron chi connectivity index (χ3n) is 5.48. The molecule has 0 aliphatic heterocycles. The average molecular weight is 422 g/mol. The maximum Gasteiger partial charge on any atom is 0.254 e. The number of aromatic nitrogens is 1. The summed E-state index contributed by atoms with van der Waals surface area (Å²) in [4.78, 5) is 29.9. The number of amides is 2. The van der Waals surface area contributed by atoms with E-state index in [4.69, 9.17) is 4.42 Å². The van der Waals surface area contributed by atoms with Gasteiger partial charge in [-0.25, -0.2) is 0 Å². The Morgan fingerprint density at radius 1 is 1.03 bits per heavy atom. The number of carbonyl (C=O) groups is 2. The monoisotopic (exact) mass is 421 g/mol. The standard InChI is InChI=1S/C25H31N3O3/c1-5-20-10-12-21(13-11-20)25(30)28(19(2)3)18-24(29)27(17-23-9-7-15-31-23)16-22-8-6-14-26(22)4/h6-15,19H,5,16-18H2,1-4H3. The van der Waals surface area contributed by atoms with Crippen molar-refractivity contribution in [1.29, 1.82) is 0 Å². The Hall–Kier alpha value is -3.28. The predicted octanol–water partition coefficient (Wildman–Crippen LogP) is 4.26. The van der Waals surface area contributed by atoms with Crippen LogP contribution in [0.3, 0.4) is 0 Å². The minimum Gasteiger partial charge on any atom is -0.467 e. The first-order chi connectivity index (χ1) is 14.9. The summed E-state index contributed by atoms with van der Waals surface area (Å²) >= 11 is 0. The number of nitrogens with zero attached hydrogens (tertiary/aromatic N) is 3. The summed E-state index contributed by atoms with van der Waals surface area (Å²) in [5, 5.41) is 0. The lowest BCUT2D eigenvalue weighted by atomic mass is 10.1. The second kappa shape index (κ2) is 10.2. The summed E-state index contributed by atoms with van der Waals surface area (Å²) in [6, 6.07) is 15.1. The van der Waals surface area contributed by atoms with Gasteiger partial charge in [-0.15, -0.1) is 0 Å². The summed E-state index contributed by atoms with van der Waals surface area (Å²) < 4.78 is 7.46. The lowest BCUT2D eigenvalue weighted by Crippen LogP contribution is -2.45. The van der Waals surface area contributed by atoms with Crippen LogP contribution >= 0.6 is 0 Å². The minimum absolute atomic E-state index is 0.0111. The lowest BCUT2D eigenvalue weighted by Gasteiger charge is -2.30. The molecule has 164 valence electrons. The highest BCUT2D eigenvalue weighted by Crippen LogP contribution is 2.15. The van der Waals surface area contributed by atoms with Gasteiger partial charge in [0, 0.05) is 30.5 Å². The van der Waals surface area contributed by atoms with Gasteiger partial charge in [0.2, 0.25) is 5.91 Å². The van der Waals surface area contributed by atoms with Crippen LogP contribution in [0.5, 0.6) is 0 Å². The van der Waals surface area contributed by atoms with E-state index in [1.165, 1.54) is 5.56 Å².